The maximum absolute atomic E-state index is 13.4. The van der Waals surface area contributed by atoms with E-state index in [1.54, 1.807) is 0 Å². The molecule has 1 amide bonds. The van der Waals surface area contributed by atoms with Crippen molar-refractivity contribution < 1.29 is 18.0 Å². The highest BCUT2D eigenvalue weighted by molar-refractivity contribution is 5.86. The Morgan fingerprint density at radius 2 is 1.83 bits per heavy atom. The largest absolute Gasteiger partial charge is 0.416 e. The van der Waals surface area contributed by atoms with Crippen LogP contribution in [-0.2, 0) is 11.0 Å². The maximum atomic E-state index is 13.4. The smallest absolute Gasteiger partial charge is 0.350 e. The second-order valence-corrected chi connectivity index (χ2v) is 8.53. The molecule has 3 aromatic rings. The third-order valence-corrected chi connectivity index (χ3v) is 4.98. The fourth-order valence-electron chi connectivity index (χ4n) is 3.64. The predicted molar refractivity (Wildman–Crippen MR) is 102 cm³/mol. The predicted octanol–water partition coefficient (Wildman–Crippen LogP) is 3.53. The molecule has 0 aliphatic heterocycles. The highest BCUT2D eigenvalue weighted by Gasteiger charge is 2.41. The lowest BCUT2D eigenvalue weighted by atomic mass is 10.1. The summed E-state index contributed by atoms with van der Waals surface area (Å²) < 4.78 is 42.6. The lowest BCUT2D eigenvalue weighted by Crippen LogP contribution is -2.47. The van der Waals surface area contributed by atoms with E-state index in [1.165, 1.54) is 27.4 Å². The first kappa shape index (κ1) is 19.5. The molecule has 1 aromatic carbocycles. The van der Waals surface area contributed by atoms with Gasteiger partial charge in [0.2, 0.25) is 5.91 Å². The molecule has 29 heavy (non-hydrogen) atoms. The maximum Gasteiger partial charge on any atom is 0.416 e. The highest BCUT2D eigenvalue weighted by Crippen LogP contribution is 2.41. The number of carbonyl (C=O) groups is 1. The zero-order chi connectivity index (χ0) is 21.1. The van der Waals surface area contributed by atoms with Crippen LogP contribution in [0.2, 0.25) is 0 Å². The number of hydrogen-bond donors (Lipinski definition) is 1. The third-order valence-electron chi connectivity index (χ3n) is 4.98. The van der Waals surface area contributed by atoms with Gasteiger partial charge in [0.25, 0.3) is 5.56 Å². The first-order chi connectivity index (χ1) is 13.5. The van der Waals surface area contributed by atoms with Crippen molar-refractivity contribution in [1.29, 1.82) is 0 Å². The fraction of sp³-hybridized carbons (Fsp3) is 0.450. The summed E-state index contributed by atoms with van der Waals surface area (Å²) in [7, 11) is 0. The number of carbonyl (C=O) groups excluding carboxylic acids is 1. The van der Waals surface area contributed by atoms with E-state index < -0.39 is 28.9 Å². The van der Waals surface area contributed by atoms with Gasteiger partial charge in [-0.05, 0) is 63.8 Å². The van der Waals surface area contributed by atoms with E-state index in [2.05, 4.69) is 10.4 Å². The molecule has 1 fully saturated rings. The van der Waals surface area contributed by atoms with Crippen LogP contribution in [0.25, 0.3) is 16.6 Å². The van der Waals surface area contributed by atoms with Gasteiger partial charge in [0.05, 0.1) is 22.8 Å². The van der Waals surface area contributed by atoms with Gasteiger partial charge in [-0.15, -0.1) is 0 Å². The van der Waals surface area contributed by atoms with Crippen molar-refractivity contribution in [2.45, 2.75) is 51.4 Å². The molecule has 0 bridgehead atoms. The Morgan fingerprint density at radius 1 is 1.14 bits per heavy atom. The second kappa shape index (κ2) is 6.33. The molecule has 1 aliphatic carbocycles. The van der Waals surface area contributed by atoms with Gasteiger partial charge in [0.1, 0.15) is 11.6 Å². The lowest BCUT2D eigenvalue weighted by molar-refractivity contribution is -0.137. The molecule has 154 valence electrons. The minimum absolute atomic E-state index is 0.0435. The molecule has 0 spiro atoms. The minimum atomic E-state index is -4.57. The van der Waals surface area contributed by atoms with E-state index in [4.69, 9.17) is 0 Å². The zero-order valence-corrected chi connectivity index (χ0v) is 16.2. The molecule has 1 saturated carbocycles. The van der Waals surface area contributed by atoms with Crippen LogP contribution < -0.4 is 10.9 Å². The van der Waals surface area contributed by atoms with Crippen molar-refractivity contribution in [3.05, 3.63) is 46.4 Å². The molecule has 2 heterocycles. The van der Waals surface area contributed by atoms with Crippen LogP contribution in [0.4, 0.5) is 13.2 Å². The average Bonchev–Trinajstić information content (AvgIpc) is 3.29. The van der Waals surface area contributed by atoms with Gasteiger partial charge in [-0.2, -0.15) is 18.3 Å². The van der Waals surface area contributed by atoms with Gasteiger partial charge in [-0.3, -0.25) is 14.2 Å². The molecule has 0 radical (unpaired) electrons. The van der Waals surface area contributed by atoms with Crippen molar-refractivity contribution in [2.24, 2.45) is 5.92 Å². The molecule has 1 unspecified atom stereocenters. The van der Waals surface area contributed by atoms with E-state index >= 15 is 0 Å². The van der Waals surface area contributed by atoms with Gasteiger partial charge in [-0.25, -0.2) is 4.52 Å². The SMILES string of the molecule is CC(C)(C)NC(=O)C(C1CC1)n1c(=O)c2ccnn2c2ccc(C(F)(F)F)cc21. The zero-order valence-electron chi connectivity index (χ0n) is 16.2. The fourth-order valence-corrected chi connectivity index (χ4v) is 3.64. The number of hydrogen-bond acceptors (Lipinski definition) is 3. The number of nitrogens with zero attached hydrogens (tertiary/aromatic N) is 3. The van der Waals surface area contributed by atoms with Crippen LogP contribution in [0.15, 0.2) is 35.3 Å². The number of alkyl halides is 3. The highest BCUT2D eigenvalue weighted by atomic mass is 19.4. The summed E-state index contributed by atoms with van der Waals surface area (Å²) in [6.07, 6.45) is -1.68. The van der Waals surface area contributed by atoms with E-state index in [-0.39, 0.29) is 22.9 Å². The third kappa shape index (κ3) is 3.49. The van der Waals surface area contributed by atoms with Crippen LogP contribution in [0, 0.1) is 5.92 Å². The van der Waals surface area contributed by atoms with Crippen LogP contribution in [0.5, 0.6) is 0 Å². The Hall–Kier alpha value is -2.84. The summed E-state index contributed by atoms with van der Waals surface area (Å²) in [6, 6.07) is 3.80. The number of nitrogens with one attached hydrogen (secondary N) is 1. The quantitative estimate of drug-likeness (QED) is 0.724. The average molecular weight is 406 g/mol. The van der Waals surface area contributed by atoms with Gasteiger partial charge >= 0.3 is 6.18 Å². The molecule has 0 saturated heterocycles. The molecule has 4 rings (SSSR count). The molecule has 2 aromatic heterocycles. The summed E-state index contributed by atoms with van der Waals surface area (Å²) in [4.78, 5) is 26.3. The standard InChI is InChI=1S/C20H21F3N4O2/c1-19(2,3)25-17(28)16(11-4-5-11)26-15-10-12(20(21,22)23)6-7-13(15)27-14(18(26)29)8-9-24-27/h6-11,16H,4-5H2,1-3H3,(H,25,28). The van der Waals surface area contributed by atoms with E-state index in [0.29, 0.717) is 5.52 Å². The monoisotopic (exact) mass is 406 g/mol. The van der Waals surface area contributed by atoms with E-state index in [9.17, 15) is 22.8 Å². The summed E-state index contributed by atoms with van der Waals surface area (Å²) in [5, 5.41) is 6.96. The Bertz CT molecular complexity index is 1170. The van der Waals surface area contributed by atoms with Crippen molar-refractivity contribution in [2.75, 3.05) is 0 Å². The van der Waals surface area contributed by atoms with Crippen molar-refractivity contribution in [3.8, 4) is 0 Å². The normalized spacial score (nSPS) is 16.3. The van der Waals surface area contributed by atoms with Crippen LogP contribution in [0.1, 0.15) is 45.2 Å². The van der Waals surface area contributed by atoms with Gasteiger partial charge < -0.3 is 5.32 Å². The van der Waals surface area contributed by atoms with E-state index in [0.717, 1.165) is 25.0 Å². The molecule has 6 nitrogen and oxygen atoms in total. The molecule has 1 N–H and O–H groups in total. The van der Waals surface area contributed by atoms with Gasteiger partial charge in [-0.1, -0.05) is 0 Å². The number of benzene rings is 1. The van der Waals surface area contributed by atoms with Crippen LogP contribution in [-0.4, -0.2) is 25.6 Å². The number of rotatable bonds is 3. The molecule has 9 heteroatoms. The number of fused-ring (bicyclic) bond motifs is 3. The van der Waals surface area contributed by atoms with E-state index in [1.807, 2.05) is 20.8 Å². The first-order valence-corrected chi connectivity index (χ1v) is 9.38. The number of halogens is 3. The molecule has 1 aliphatic rings. The van der Waals surface area contributed by atoms with Crippen LogP contribution in [0.3, 0.4) is 0 Å². The van der Waals surface area contributed by atoms with Gasteiger partial charge in [0, 0.05) is 5.54 Å². The Kier molecular flexibility index (Phi) is 4.25. The van der Waals surface area contributed by atoms with Gasteiger partial charge in [0.15, 0.2) is 0 Å². The summed E-state index contributed by atoms with van der Waals surface area (Å²) >= 11 is 0. The minimum Gasteiger partial charge on any atom is -0.350 e. The Morgan fingerprint density at radius 3 is 2.41 bits per heavy atom. The summed E-state index contributed by atoms with van der Waals surface area (Å²) in [5.74, 6) is -0.470. The van der Waals surface area contributed by atoms with Crippen molar-refractivity contribution >= 4 is 22.5 Å². The van der Waals surface area contributed by atoms with Crippen molar-refractivity contribution in [3.63, 3.8) is 0 Å². The lowest BCUT2D eigenvalue weighted by Gasteiger charge is -2.27. The molecular weight excluding hydrogens is 385 g/mol. The Labute approximate surface area is 164 Å². The first-order valence-electron chi connectivity index (χ1n) is 9.38. The summed E-state index contributed by atoms with van der Waals surface area (Å²) in [6.45, 7) is 5.45. The molecular formula is C20H21F3N4O2. The second-order valence-electron chi connectivity index (χ2n) is 8.53. The topological polar surface area (TPSA) is 68.4 Å². The number of amides is 1. The van der Waals surface area contributed by atoms with Crippen LogP contribution >= 0.6 is 0 Å². The Balaban J connectivity index is 2.03. The number of aromatic nitrogens is 3. The summed E-state index contributed by atoms with van der Waals surface area (Å²) in [5.41, 5.74) is -1.35. The van der Waals surface area contributed by atoms with Crippen molar-refractivity contribution in [1.82, 2.24) is 19.5 Å². The molecule has 1 atom stereocenters.